The van der Waals surface area contributed by atoms with Gasteiger partial charge in [-0.15, -0.1) is 0 Å². The standard InChI is InChI=1S/C58H69N5O3/c1-4-52-55(62(44-64)37-19-35-60-39-31-57(32-40-60,47-22-10-6-11-23-47)48-24-12-7-13-25-48)54(46-21-18-30-51(43-46)66-3)56(53(5-2)59-52)63(45-65)38-20-36-61-41-33-58(34-42-61,49-26-14-8-15-27-49)50-28-16-9-17-29-50/h6-18,21-30,43-45,54-55H,4-5,19-20,31-42H2,1-3H3. The molecule has 5 aromatic carbocycles. The maximum atomic E-state index is 13.4. The van der Waals surface area contributed by atoms with Gasteiger partial charge in [0.25, 0.3) is 0 Å². The van der Waals surface area contributed by atoms with Crippen molar-refractivity contribution in [3.05, 3.63) is 185 Å². The maximum Gasteiger partial charge on any atom is 0.213 e. The Balaban J connectivity index is 0.979. The van der Waals surface area contributed by atoms with E-state index in [1.54, 1.807) is 7.11 Å². The SMILES string of the molecule is CCC1=NC(CC)=C(N(C=O)CCCN2CCC(c3ccccc3)(c3ccccc3)CC2)C(c2cccc(OC)c2)C1N(C=O)CCCN1CCC(c2ccccc2)(c2ccccc2)CC1. The van der Waals surface area contributed by atoms with Gasteiger partial charge in [0.15, 0.2) is 0 Å². The quantitative estimate of drug-likeness (QED) is 0.0729. The maximum absolute atomic E-state index is 13.4. The molecule has 2 fully saturated rings. The average molecular weight is 884 g/mol. The molecule has 2 atom stereocenters. The fourth-order valence-corrected chi connectivity index (χ4v) is 11.5. The summed E-state index contributed by atoms with van der Waals surface area (Å²) >= 11 is 0. The Morgan fingerprint density at radius 3 is 1.48 bits per heavy atom. The van der Waals surface area contributed by atoms with E-state index in [1.807, 2.05) is 21.9 Å². The molecular formula is C58H69N5O3. The third-order valence-electron chi connectivity index (χ3n) is 15.1. The van der Waals surface area contributed by atoms with Gasteiger partial charge in [0, 0.05) is 29.6 Å². The van der Waals surface area contributed by atoms with Crippen LogP contribution in [0.25, 0.3) is 0 Å². The molecule has 3 heterocycles. The van der Waals surface area contributed by atoms with Crippen LogP contribution in [0, 0.1) is 0 Å². The summed E-state index contributed by atoms with van der Waals surface area (Å²) in [6.07, 6.45) is 9.22. The van der Waals surface area contributed by atoms with E-state index >= 15 is 0 Å². The van der Waals surface area contributed by atoms with Crippen LogP contribution in [0.4, 0.5) is 0 Å². The van der Waals surface area contributed by atoms with Crippen molar-refractivity contribution < 1.29 is 14.3 Å². The predicted molar refractivity (Wildman–Crippen MR) is 268 cm³/mol. The first-order valence-corrected chi connectivity index (χ1v) is 24.5. The monoisotopic (exact) mass is 884 g/mol. The highest BCUT2D eigenvalue weighted by molar-refractivity contribution is 5.94. The fourth-order valence-electron chi connectivity index (χ4n) is 11.5. The number of rotatable bonds is 20. The van der Waals surface area contributed by atoms with E-state index in [4.69, 9.17) is 9.73 Å². The summed E-state index contributed by atoms with van der Waals surface area (Å²) in [4.78, 5) is 41.2. The van der Waals surface area contributed by atoms with Crippen molar-refractivity contribution in [1.29, 1.82) is 0 Å². The molecule has 0 bridgehead atoms. The summed E-state index contributed by atoms with van der Waals surface area (Å²) < 4.78 is 5.78. The Hall–Kier alpha value is -5.83. The summed E-state index contributed by atoms with van der Waals surface area (Å²) in [6.45, 7) is 11.1. The first-order chi connectivity index (χ1) is 32.5. The number of hydrogen-bond donors (Lipinski definition) is 0. The third-order valence-corrected chi connectivity index (χ3v) is 15.1. The van der Waals surface area contributed by atoms with Crippen molar-refractivity contribution in [2.45, 2.75) is 88.0 Å². The molecule has 8 nitrogen and oxygen atoms in total. The molecule has 2 amide bonds. The van der Waals surface area contributed by atoms with E-state index in [-0.39, 0.29) is 22.8 Å². The van der Waals surface area contributed by atoms with Crippen LogP contribution in [0.3, 0.4) is 0 Å². The van der Waals surface area contributed by atoms with E-state index in [0.29, 0.717) is 25.9 Å². The van der Waals surface area contributed by atoms with E-state index in [0.717, 1.165) is 119 Å². The Kier molecular flexibility index (Phi) is 15.6. The van der Waals surface area contributed by atoms with Crippen molar-refractivity contribution in [1.82, 2.24) is 19.6 Å². The van der Waals surface area contributed by atoms with Gasteiger partial charge in [-0.1, -0.05) is 147 Å². The molecule has 66 heavy (non-hydrogen) atoms. The van der Waals surface area contributed by atoms with Crippen LogP contribution in [0.15, 0.2) is 162 Å². The van der Waals surface area contributed by atoms with E-state index in [1.165, 1.54) is 22.3 Å². The first-order valence-electron chi connectivity index (χ1n) is 24.5. The van der Waals surface area contributed by atoms with Crippen LogP contribution in [-0.2, 0) is 20.4 Å². The highest BCUT2D eigenvalue weighted by atomic mass is 16.5. The third kappa shape index (κ3) is 9.96. The minimum absolute atomic E-state index is 0.0129. The van der Waals surface area contributed by atoms with Crippen LogP contribution in [-0.4, -0.2) is 104 Å². The average Bonchev–Trinajstić information content (AvgIpc) is 3.40. The minimum Gasteiger partial charge on any atom is -0.497 e. The number of nitrogens with zero attached hydrogens (tertiary/aromatic N) is 5. The molecule has 2 saturated heterocycles. The van der Waals surface area contributed by atoms with Gasteiger partial charge >= 0.3 is 0 Å². The van der Waals surface area contributed by atoms with E-state index < -0.39 is 0 Å². The lowest BCUT2D eigenvalue weighted by Gasteiger charge is -2.44. The van der Waals surface area contributed by atoms with Crippen molar-refractivity contribution >= 4 is 18.5 Å². The molecule has 0 saturated carbocycles. The van der Waals surface area contributed by atoms with Gasteiger partial charge in [-0.2, -0.15) is 0 Å². The molecule has 0 spiro atoms. The molecule has 3 aliphatic rings. The van der Waals surface area contributed by atoms with Crippen molar-refractivity contribution in [2.75, 3.05) is 59.5 Å². The predicted octanol–water partition coefficient (Wildman–Crippen LogP) is 10.5. The number of benzene rings is 5. The molecule has 344 valence electrons. The van der Waals surface area contributed by atoms with Crippen molar-refractivity contribution in [3.8, 4) is 5.75 Å². The number of ether oxygens (including phenoxy) is 1. The van der Waals surface area contributed by atoms with E-state index in [9.17, 15) is 9.59 Å². The number of allylic oxidation sites excluding steroid dienone is 1. The number of aliphatic imine (C=N–C) groups is 1. The van der Waals surface area contributed by atoms with Gasteiger partial charge < -0.3 is 24.3 Å². The second-order valence-corrected chi connectivity index (χ2v) is 18.5. The second-order valence-electron chi connectivity index (χ2n) is 18.5. The zero-order chi connectivity index (χ0) is 45.8. The van der Waals surface area contributed by atoms with Crippen LogP contribution < -0.4 is 4.74 Å². The molecule has 0 radical (unpaired) electrons. The van der Waals surface area contributed by atoms with Gasteiger partial charge in [-0.3, -0.25) is 14.6 Å². The number of piperidine rings is 2. The summed E-state index contributed by atoms with van der Waals surface area (Å²) in [5.41, 5.74) is 9.31. The second kappa shape index (κ2) is 22.1. The zero-order valence-corrected chi connectivity index (χ0v) is 39.4. The number of amides is 2. The minimum atomic E-state index is -0.344. The molecular weight excluding hydrogens is 815 g/mol. The largest absolute Gasteiger partial charge is 0.497 e. The van der Waals surface area contributed by atoms with Gasteiger partial charge in [-0.25, -0.2) is 0 Å². The molecule has 8 heteroatoms. The van der Waals surface area contributed by atoms with Crippen LogP contribution in [0.1, 0.15) is 98.9 Å². The van der Waals surface area contributed by atoms with Crippen LogP contribution in [0.2, 0.25) is 0 Å². The lowest BCUT2D eigenvalue weighted by atomic mass is 9.68. The molecule has 2 unspecified atom stereocenters. The lowest BCUT2D eigenvalue weighted by Crippen LogP contribution is -2.50. The number of carbonyl (C=O) groups is 2. The molecule has 0 aliphatic carbocycles. The molecule has 3 aliphatic heterocycles. The number of likely N-dealkylation sites (tertiary alicyclic amines) is 2. The normalized spacial score (nSPS) is 19.7. The van der Waals surface area contributed by atoms with Crippen LogP contribution in [0.5, 0.6) is 5.75 Å². The Bertz CT molecular complexity index is 2290. The molecule has 0 N–H and O–H groups in total. The van der Waals surface area contributed by atoms with Crippen molar-refractivity contribution in [3.63, 3.8) is 0 Å². The topological polar surface area (TPSA) is 68.7 Å². The molecule has 8 rings (SSSR count). The summed E-state index contributed by atoms with van der Waals surface area (Å²) in [6, 6.07) is 51.8. The molecule has 5 aromatic rings. The van der Waals surface area contributed by atoms with E-state index in [2.05, 4.69) is 157 Å². The van der Waals surface area contributed by atoms with Gasteiger partial charge in [0.1, 0.15) is 5.75 Å². The smallest absolute Gasteiger partial charge is 0.213 e. The Morgan fingerprint density at radius 1 is 0.606 bits per heavy atom. The van der Waals surface area contributed by atoms with Gasteiger partial charge in [-0.05, 0) is 131 Å². The highest BCUT2D eigenvalue weighted by Crippen LogP contribution is 2.44. The summed E-state index contributed by atoms with van der Waals surface area (Å²) in [7, 11) is 1.69. The fraction of sp³-hybridized carbons (Fsp3) is 0.397. The lowest BCUT2D eigenvalue weighted by molar-refractivity contribution is -0.119. The molecule has 0 aromatic heterocycles. The Morgan fingerprint density at radius 2 is 1.08 bits per heavy atom. The van der Waals surface area contributed by atoms with Gasteiger partial charge in [0.2, 0.25) is 12.8 Å². The summed E-state index contributed by atoms with van der Waals surface area (Å²) in [5, 5.41) is 0. The number of methoxy groups -OCH3 is 1. The zero-order valence-electron chi connectivity index (χ0n) is 39.4. The summed E-state index contributed by atoms with van der Waals surface area (Å²) in [5.74, 6) is 0.455. The number of hydrogen-bond acceptors (Lipinski definition) is 6. The Labute approximate surface area is 394 Å². The number of carbonyl (C=O) groups excluding carboxylic acids is 2. The van der Waals surface area contributed by atoms with Gasteiger partial charge in [0.05, 0.1) is 30.5 Å². The highest BCUT2D eigenvalue weighted by Gasteiger charge is 2.42. The van der Waals surface area contributed by atoms with Crippen LogP contribution >= 0.6 is 0 Å². The first kappa shape index (κ1) is 46.7. The van der Waals surface area contributed by atoms with Crippen molar-refractivity contribution in [2.24, 2.45) is 4.99 Å².